The molecule has 3 rings (SSSR count). The van der Waals surface area contributed by atoms with E-state index in [4.69, 9.17) is 4.52 Å². The zero-order valence-corrected chi connectivity index (χ0v) is 19.3. The van der Waals surface area contributed by atoms with Crippen LogP contribution < -0.4 is 0 Å². The third-order valence-corrected chi connectivity index (χ3v) is 7.99. The number of hydrogen-bond acceptors (Lipinski definition) is 7. The first-order chi connectivity index (χ1) is 14.4. The van der Waals surface area contributed by atoms with Crippen LogP contribution in [0, 0.1) is 0 Å². The predicted octanol–water partition coefficient (Wildman–Crippen LogP) is 4.23. The van der Waals surface area contributed by atoms with Crippen LogP contribution in [0.5, 0.6) is 0 Å². The third-order valence-electron chi connectivity index (χ3n) is 4.97. The first-order valence-electron chi connectivity index (χ1n) is 9.99. The molecule has 0 amide bonds. The molecule has 2 aromatic heterocycles. The van der Waals surface area contributed by atoms with Crippen molar-refractivity contribution in [2.75, 3.05) is 13.1 Å². The molecule has 162 valence electrons. The second kappa shape index (κ2) is 9.76. The molecule has 1 atom stereocenters. The molecule has 0 aliphatic carbocycles. The van der Waals surface area contributed by atoms with Crippen LogP contribution in [-0.4, -0.2) is 45.7 Å². The van der Waals surface area contributed by atoms with E-state index in [9.17, 15) is 8.42 Å². The summed E-state index contributed by atoms with van der Waals surface area (Å²) in [6, 6.07) is 8.90. The Kier molecular flexibility index (Phi) is 7.32. The van der Waals surface area contributed by atoms with Crippen LogP contribution in [0.4, 0.5) is 0 Å². The van der Waals surface area contributed by atoms with Crippen molar-refractivity contribution >= 4 is 21.8 Å². The van der Waals surface area contributed by atoms with E-state index >= 15 is 0 Å². The van der Waals surface area contributed by atoms with Gasteiger partial charge in [-0.2, -0.15) is 4.31 Å². The Hall–Kier alpha value is -2.17. The number of benzene rings is 1. The largest absolute Gasteiger partial charge is 0.364 e. The second-order valence-electron chi connectivity index (χ2n) is 6.83. The fourth-order valence-electron chi connectivity index (χ4n) is 3.11. The number of aromatic nitrogens is 4. The van der Waals surface area contributed by atoms with Gasteiger partial charge in [0.05, 0.1) is 10.6 Å². The first kappa shape index (κ1) is 22.5. The fraction of sp³-hybridized carbons (Fsp3) is 0.450. The Morgan fingerprint density at radius 1 is 1.17 bits per heavy atom. The minimum atomic E-state index is -3.55. The van der Waals surface area contributed by atoms with Gasteiger partial charge < -0.3 is 4.52 Å². The second-order valence-corrected chi connectivity index (χ2v) is 9.71. The van der Waals surface area contributed by atoms with Crippen molar-refractivity contribution in [1.29, 1.82) is 0 Å². The quantitative estimate of drug-likeness (QED) is 0.428. The molecule has 0 saturated carbocycles. The van der Waals surface area contributed by atoms with Crippen LogP contribution in [0.2, 0.25) is 0 Å². The molecule has 0 radical (unpaired) electrons. The summed E-state index contributed by atoms with van der Waals surface area (Å²) in [5.74, 6) is 1.27. The number of hydrogen-bond donors (Lipinski definition) is 0. The lowest BCUT2D eigenvalue weighted by Gasteiger charge is -2.19. The normalized spacial score (nSPS) is 13.1. The Labute approximate surface area is 181 Å². The monoisotopic (exact) mass is 449 g/mol. The summed E-state index contributed by atoms with van der Waals surface area (Å²) in [5.41, 5.74) is 1.55. The Morgan fingerprint density at radius 3 is 2.57 bits per heavy atom. The Balaban J connectivity index is 1.99. The molecular formula is C20H27N5O3S2. The van der Waals surface area contributed by atoms with Crippen LogP contribution in [0.1, 0.15) is 45.9 Å². The molecule has 0 spiro atoms. The average molecular weight is 450 g/mol. The topological polar surface area (TPSA) is 94.1 Å². The van der Waals surface area contributed by atoms with Crippen molar-refractivity contribution in [3.05, 3.63) is 42.3 Å². The van der Waals surface area contributed by atoms with E-state index in [0.29, 0.717) is 24.7 Å². The summed E-state index contributed by atoms with van der Waals surface area (Å²) in [6.45, 7) is 8.72. The van der Waals surface area contributed by atoms with E-state index in [-0.39, 0.29) is 10.9 Å². The maximum absolute atomic E-state index is 13.0. The summed E-state index contributed by atoms with van der Waals surface area (Å²) in [5, 5.41) is 13.5. The van der Waals surface area contributed by atoms with Crippen LogP contribution >= 0.6 is 11.8 Å². The lowest BCUT2D eigenvalue weighted by molar-refractivity contribution is 0.414. The van der Waals surface area contributed by atoms with Gasteiger partial charge in [0.2, 0.25) is 10.0 Å². The van der Waals surface area contributed by atoms with Gasteiger partial charge in [-0.3, -0.25) is 4.57 Å². The maximum atomic E-state index is 13.0. The maximum Gasteiger partial charge on any atom is 0.243 e. The van der Waals surface area contributed by atoms with Crippen molar-refractivity contribution in [2.24, 2.45) is 0 Å². The van der Waals surface area contributed by atoms with E-state index in [1.165, 1.54) is 16.1 Å². The summed E-state index contributed by atoms with van der Waals surface area (Å²) in [7, 11) is -3.55. The van der Waals surface area contributed by atoms with E-state index in [2.05, 4.69) is 33.8 Å². The van der Waals surface area contributed by atoms with Crippen molar-refractivity contribution in [3.63, 3.8) is 0 Å². The molecule has 10 heteroatoms. The van der Waals surface area contributed by atoms with Crippen LogP contribution in [0.15, 0.2) is 51.2 Å². The lowest BCUT2D eigenvalue weighted by Crippen LogP contribution is -2.30. The molecule has 1 unspecified atom stereocenters. The molecule has 0 N–H and O–H groups in total. The molecular weight excluding hydrogens is 422 g/mol. The molecule has 0 aliphatic heterocycles. The summed E-state index contributed by atoms with van der Waals surface area (Å²) in [4.78, 5) is 0.263. The van der Waals surface area contributed by atoms with Gasteiger partial charge in [0.15, 0.2) is 11.0 Å². The summed E-state index contributed by atoms with van der Waals surface area (Å²) < 4.78 is 34.3. The summed E-state index contributed by atoms with van der Waals surface area (Å²) >= 11 is 1.53. The predicted molar refractivity (Wildman–Crippen MR) is 117 cm³/mol. The van der Waals surface area contributed by atoms with Crippen LogP contribution in [0.3, 0.4) is 0 Å². The molecule has 1 aromatic carbocycles. The van der Waals surface area contributed by atoms with E-state index in [1.807, 2.05) is 26.0 Å². The van der Waals surface area contributed by atoms with Gasteiger partial charge in [-0.25, -0.2) is 8.42 Å². The standard InChI is InChI=1S/C20H27N5O3S2/c1-5-15(4)25-19(21-22-20(25)29-14-17-11-12-28-23-17)16-9-8-10-18(13-16)30(26,27)24(6-2)7-3/h8-13,15H,5-7,14H2,1-4H3. The highest BCUT2D eigenvalue weighted by Gasteiger charge is 2.24. The van der Waals surface area contributed by atoms with Gasteiger partial charge in [0.1, 0.15) is 6.26 Å². The number of thioether (sulfide) groups is 1. The van der Waals surface area contributed by atoms with Crippen molar-refractivity contribution in [2.45, 2.75) is 56.0 Å². The van der Waals surface area contributed by atoms with Crippen molar-refractivity contribution in [1.82, 2.24) is 24.2 Å². The summed E-state index contributed by atoms with van der Waals surface area (Å²) in [6.07, 6.45) is 2.43. The Morgan fingerprint density at radius 2 is 1.93 bits per heavy atom. The van der Waals surface area contributed by atoms with Gasteiger partial charge in [0, 0.05) is 36.5 Å². The SMILES string of the molecule is CCC(C)n1c(SCc2ccon2)nnc1-c1cccc(S(=O)(=O)N(CC)CC)c1. The zero-order chi connectivity index (χ0) is 21.7. The van der Waals surface area contributed by atoms with Gasteiger partial charge in [0.25, 0.3) is 0 Å². The van der Waals surface area contributed by atoms with Gasteiger partial charge >= 0.3 is 0 Å². The van der Waals surface area contributed by atoms with Gasteiger partial charge in [-0.05, 0) is 25.5 Å². The number of sulfonamides is 1. The van der Waals surface area contributed by atoms with E-state index < -0.39 is 10.0 Å². The smallest absolute Gasteiger partial charge is 0.243 e. The molecule has 3 aromatic rings. The number of nitrogens with zero attached hydrogens (tertiary/aromatic N) is 5. The molecule has 0 bridgehead atoms. The molecule has 0 fully saturated rings. The molecule has 0 saturated heterocycles. The highest BCUT2D eigenvalue weighted by Crippen LogP contribution is 2.31. The third kappa shape index (κ3) is 4.60. The minimum Gasteiger partial charge on any atom is -0.364 e. The molecule has 8 nitrogen and oxygen atoms in total. The van der Waals surface area contributed by atoms with E-state index in [0.717, 1.165) is 22.8 Å². The van der Waals surface area contributed by atoms with E-state index in [1.54, 1.807) is 24.5 Å². The van der Waals surface area contributed by atoms with Gasteiger partial charge in [-0.15, -0.1) is 10.2 Å². The van der Waals surface area contributed by atoms with Crippen LogP contribution in [0.25, 0.3) is 11.4 Å². The highest BCUT2D eigenvalue weighted by atomic mass is 32.2. The minimum absolute atomic E-state index is 0.151. The van der Waals surface area contributed by atoms with Gasteiger partial charge in [-0.1, -0.05) is 49.8 Å². The highest BCUT2D eigenvalue weighted by molar-refractivity contribution is 7.98. The first-order valence-corrected chi connectivity index (χ1v) is 12.4. The number of rotatable bonds is 10. The van der Waals surface area contributed by atoms with Crippen molar-refractivity contribution < 1.29 is 12.9 Å². The average Bonchev–Trinajstić information content (AvgIpc) is 3.42. The lowest BCUT2D eigenvalue weighted by atomic mass is 10.2. The van der Waals surface area contributed by atoms with Crippen LogP contribution in [-0.2, 0) is 15.8 Å². The fourth-order valence-corrected chi connectivity index (χ4v) is 5.55. The molecule has 30 heavy (non-hydrogen) atoms. The molecule has 0 aliphatic rings. The molecule has 2 heterocycles. The van der Waals surface area contributed by atoms with Crippen molar-refractivity contribution in [3.8, 4) is 11.4 Å². The zero-order valence-electron chi connectivity index (χ0n) is 17.6. The Bertz CT molecular complexity index is 1060.